The normalized spacial score (nSPS) is 45.6. The van der Waals surface area contributed by atoms with E-state index in [4.69, 9.17) is 5.11 Å². The molecule has 34 heavy (non-hydrogen) atoms. The molecule has 192 valence electrons. The molecule has 4 aliphatic rings. The minimum Gasteiger partial charge on any atom is -0.478 e. The number of aliphatic hydroxyl groups is 1. The highest BCUT2D eigenvalue weighted by Gasteiger charge is 2.67. The number of fused-ring (bicyclic) bond motifs is 5. The van der Waals surface area contributed by atoms with Crippen molar-refractivity contribution in [1.29, 1.82) is 0 Å². The molecular weight excluding hydrogens is 424 g/mol. The van der Waals surface area contributed by atoms with Crippen LogP contribution in [0.5, 0.6) is 0 Å². The number of ketones is 1. The number of aliphatic carboxylic acids is 1. The Labute approximate surface area is 207 Å². The lowest BCUT2D eigenvalue weighted by Gasteiger charge is -2.66. The Morgan fingerprint density at radius 1 is 1.00 bits per heavy atom. The fourth-order valence-electron chi connectivity index (χ4n) is 10.2. The van der Waals surface area contributed by atoms with Crippen molar-refractivity contribution in [3.05, 3.63) is 11.6 Å². The van der Waals surface area contributed by atoms with E-state index in [2.05, 4.69) is 41.5 Å². The summed E-state index contributed by atoms with van der Waals surface area (Å²) in [5.41, 5.74) is 0.851. The molecule has 4 saturated carbocycles. The molecule has 0 aromatic carbocycles. The van der Waals surface area contributed by atoms with Gasteiger partial charge in [0.2, 0.25) is 0 Å². The fourth-order valence-corrected chi connectivity index (χ4v) is 10.2. The number of carbonyl (C=O) groups is 2. The summed E-state index contributed by atoms with van der Waals surface area (Å²) in [5, 5.41) is 19.8. The van der Waals surface area contributed by atoms with E-state index < -0.39 is 12.1 Å². The lowest BCUT2D eigenvalue weighted by Crippen LogP contribution is -2.61. The van der Waals surface area contributed by atoms with Gasteiger partial charge in [-0.3, -0.25) is 4.79 Å². The van der Waals surface area contributed by atoms with E-state index in [1.807, 2.05) is 0 Å². The number of hydrogen-bond donors (Lipinski definition) is 2. The fraction of sp³-hybridized carbons (Fsp3) is 0.867. The van der Waals surface area contributed by atoms with Gasteiger partial charge in [-0.15, -0.1) is 0 Å². The number of carbonyl (C=O) groups excluding carboxylic acids is 1. The van der Waals surface area contributed by atoms with Crippen LogP contribution in [0.25, 0.3) is 0 Å². The molecule has 0 unspecified atom stereocenters. The van der Waals surface area contributed by atoms with Crippen molar-refractivity contribution in [3.8, 4) is 0 Å². The Bertz CT molecular complexity index is 873. The molecule has 0 bridgehead atoms. The largest absolute Gasteiger partial charge is 0.478 e. The van der Waals surface area contributed by atoms with Gasteiger partial charge >= 0.3 is 5.97 Å². The maximum atomic E-state index is 12.8. The Hall–Kier alpha value is -1.16. The first kappa shape index (κ1) is 25.9. The van der Waals surface area contributed by atoms with Crippen molar-refractivity contribution >= 4 is 11.8 Å². The molecular formula is C30H48O4. The van der Waals surface area contributed by atoms with Crippen LogP contribution in [0.1, 0.15) is 106 Å². The van der Waals surface area contributed by atoms with Gasteiger partial charge in [0, 0.05) is 17.4 Å². The first-order valence-electron chi connectivity index (χ1n) is 13.8. The van der Waals surface area contributed by atoms with E-state index in [1.54, 1.807) is 6.92 Å². The van der Waals surface area contributed by atoms with Gasteiger partial charge in [-0.25, -0.2) is 4.79 Å². The molecule has 0 spiro atoms. The highest BCUT2D eigenvalue weighted by molar-refractivity contribution is 5.86. The van der Waals surface area contributed by atoms with Gasteiger partial charge in [0.15, 0.2) is 0 Å². The van der Waals surface area contributed by atoms with Gasteiger partial charge in [0.1, 0.15) is 5.78 Å². The molecule has 0 aliphatic heterocycles. The van der Waals surface area contributed by atoms with Crippen LogP contribution in [0.15, 0.2) is 11.6 Å². The standard InChI is InChI=1S/C30H48O4/c1-18(16-20(31)17-19(2)26(33)34)21-10-14-30(7)23-8-9-24-27(3,4)25(32)12-13-28(24,5)22(23)11-15-29(21,30)6/h17-18,20-24,31H,8-16H2,1-7H3,(H,33,34)/b19-17+/t18-,20+,21+,22-,23+,24+,28-,29-,30-/m1/s1. The quantitative estimate of drug-likeness (QED) is 0.439. The van der Waals surface area contributed by atoms with Crippen molar-refractivity contribution in [2.24, 2.45) is 51.2 Å². The highest BCUT2D eigenvalue weighted by Crippen LogP contribution is 2.74. The van der Waals surface area contributed by atoms with E-state index >= 15 is 0 Å². The van der Waals surface area contributed by atoms with Crippen LogP contribution >= 0.6 is 0 Å². The van der Waals surface area contributed by atoms with Crippen LogP contribution in [0.2, 0.25) is 0 Å². The van der Waals surface area contributed by atoms with Crippen LogP contribution in [0.4, 0.5) is 0 Å². The molecule has 0 heterocycles. The number of carboxylic acids is 1. The zero-order valence-corrected chi connectivity index (χ0v) is 22.6. The average Bonchev–Trinajstić information content (AvgIpc) is 3.02. The molecule has 0 radical (unpaired) electrons. The Morgan fingerprint density at radius 3 is 2.29 bits per heavy atom. The molecule has 0 saturated heterocycles. The van der Waals surface area contributed by atoms with Crippen LogP contribution in [-0.4, -0.2) is 28.1 Å². The summed E-state index contributed by atoms with van der Waals surface area (Å²) < 4.78 is 0. The van der Waals surface area contributed by atoms with Crippen molar-refractivity contribution in [3.63, 3.8) is 0 Å². The van der Waals surface area contributed by atoms with Gasteiger partial charge in [0.05, 0.1) is 6.10 Å². The van der Waals surface area contributed by atoms with Crippen LogP contribution in [0.3, 0.4) is 0 Å². The maximum Gasteiger partial charge on any atom is 0.331 e. The lowest BCUT2D eigenvalue weighted by atomic mass is 9.38. The van der Waals surface area contributed by atoms with Gasteiger partial charge in [-0.05, 0) is 110 Å². The van der Waals surface area contributed by atoms with E-state index in [-0.39, 0.29) is 21.8 Å². The third kappa shape index (κ3) is 3.64. The monoisotopic (exact) mass is 472 g/mol. The van der Waals surface area contributed by atoms with Crippen molar-refractivity contribution in [2.75, 3.05) is 0 Å². The van der Waals surface area contributed by atoms with Crippen LogP contribution < -0.4 is 0 Å². The van der Waals surface area contributed by atoms with Crippen LogP contribution in [-0.2, 0) is 9.59 Å². The van der Waals surface area contributed by atoms with E-state index in [0.717, 1.165) is 12.8 Å². The van der Waals surface area contributed by atoms with E-state index in [1.165, 1.54) is 44.6 Å². The summed E-state index contributed by atoms with van der Waals surface area (Å²) in [7, 11) is 0. The van der Waals surface area contributed by atoms with E-state index in [9.17, 15) is 14.7 Å². The topological polar surface area (TPSA) is 74.6 Å². The molecule has 0 amide bonds. The van der Waals surface area contributed by atoms with Gasteiger partial charge in [-0.2, -0.15) is 0 Å². The predicted octanol–water partition coefficient (Wildman–Crippen LogP) is 6.66. The number of Topliss-reactive ketones (excluding diaryl/α,β-unsaturated/α-hetero) is 1. The van der Waals surface area contributed by atoms with E-state index in [0.29, 0.717) is 47.2 Å². The van der Waals surface area contributed by atoms with Gasteiger partial charge in [0.25, 0.3) is 0 Å². The molecule has 4 nitrogen and oxygen atoms in total. The van der Waals surface area contributed by atoms with Crippen molar-refractivity contribution in [2.45, 2.75) is 112 Å². The minimum atomic E-state index is -0.956. The average molecular weight is 473 g/mol. The Kier molecular flexibility index (Phi) is 6.45. The zero-order valence-electron chi connectivity index (χ0n) is 22.6. The second kappa shape index (κ2) is 8.46. The summed E-state index contributed by atoms with van der Waals surface area (Å²) in [4.78, 5) is 24.0. The SMILES string of the molecule is C/C(=C\[C@@H](O)C[C@@H](C)[C@@H]1CC[C@]2(C)[C@H]3CC[C@H]4C(C)(C)C(=O)CC[C@]4(C)[C@@H]3CC[C@]12C)C(=O)O. The molecule has 4 heteroatoms. The summed E-state index contributed by atoms with van der Waals surface area (Å²) in [5.74, 6) is 2.36. The van der Waals surface area contributed by atoms with Gasteiger partial charge in [-0.1, -0.05) is 41.5 Å². The number of rotatable bonds is 5. The second-order valence-electron chi connectivity index (χ2n) is 13.9. The lowest BCUT2D eigenvalue weighted by molar-refractivity contribution is -0.183. The summed E-state index contributed by atoms with van der Waals surface area (Å²) in [6.45, 7) is 15.9. The Morgan fingerprint density at radius 2 is 1.65 bits per heavy atom. The van der Waals surface area contributed by atoms with Gasteiger partial charge < -0.3 is 10.2 Å². The smallest absolute Gasteiger partial charge is 0.331 e. The summed E-state index contributed by atoms with van der Waals surface area (Å²) in [6.07, 6.45) is 10.6. The summed E-state index contributed by atoms with van der Waals surface area (Å²) in [6, 6.07) is 0. The summed E-state index contributed by atoms with van der Waals surface area (Å²) >= 11 is 0. The molecule has 4 fully saturated rings. The molecule has 4 aliphatic carbocycles. The first-order chi connectivity index (χ1) is 15.7. The van der Waals surface area contributed by atoms with Crippen molar-refractivity contribution < 1.29 is 19.8 Å². The molecule has 0 aromatic rings. The second-order valence-corrected chi connectivity index (χ2v) is 13.9. The Balaban J connectivity index is 1.56. The molecule has 9 atom stereocenters. The highest BCUT2D eigenvalue weighted by atomic mass is 16.4. The molecule has 4 rings (SSSR count). The number of hydrogen-bond acceptors (Lipinski definition) is 3. The maximum absolute atomic E-state index is 12.8. The van der Waals surface area contributed by atoms with Crippen LogP contribution in [0, 0.1) is 51.2 Å². The van der Waals surface area contributed by atoms with Crippen molar-refractivity contribution in [1.82, 2.24) is 0 Å². The first-order valence-corrected chi connectivity index (χ1v) is 13.8. The number of carboxylic acid groups (broad SMARTS) is 1. The number of aliphatic hydroxyl groups excluding tert-OH is 1. The predicted molar refractivity (Wildman–Crippen MR) is 135 cm³/mol. The molecule has 0 aromatic heterocycles. The third-order valence-corrected chi connectivity index (χ3v) is 12.3. The molecule has 2 N–H and O–H groups in total. The third-order valence-electron chi connectivity index (χ3n) is 12.3. The zero-order chi connectivity index (χ0) is 25.3. The minimum absolute atomic E-state index is 0.190.